The maximum atomic E-state index is 12.2. The molecule has 0 spiro atoms. The van der Waals surface area contributed by atoms with E-state index in [1.807, 2.05) is 31.2 Å². The smallest absolute Gasteiger partial charge is 0.269 e. The number of carbonyl (C=O) groups is 1. The molecule has 1 N–H and O–H groups in total. The van der Waals surface area contributed by atoms with Crippen LogP contribution in [0.2, 0.25) is 0 Å². The summed E-state index contributed by atoms with van der Waals surface area (Å²) in [5, 5.41) is 21.7. The minimum Gasteiger partial charge on any atom is -0.322 e. The number of nitro benzene ring substituents is 1. The van der Waals surface area contributed by atoms with Gasteiger partial charge in [-0.05, 0) is 61.0 Å². The number of hydrogen-bond acceptors (Lipinski definition) is 5. The Kier molecular flexibility index (Phi) is 5.32. The van der Waals surface area contributed by atoms with Gasteiger partial charge in [0.1, 0.15) is 0 Å². The Bertz CT molecular complexity index is 996. The quantitative estimate of drug-likeness (QED) is 0.366. The maximum absolute atomic E-state index is 12.2. The normalized spacial score (nSPS) is 10.7. The predicted octanol–water partition coefficient (Wildman–Crippen LogP) is 5.57. The second-order valence-corrected chi connectivity index (χ2v) is 5.84. The van der Waals surface area contributed by atoms with Gasteiger partial charge in [-0.3, -0.25) is 14.9 Å². The van der Waals surface area contributed by atoms with Gasteiger partial charge < -0.3 is 5.32 Å². The molecular formula is C20H16N4O3. The number of hydrogen-bond donors (Lipinski definition) is 1. The standard InChI is InChI=1S/C20H16N4O3/c1-14-3-2-4-18(13-14)23-22-17-9-7-16(8-10-17)21-20(25)15-5-11-19(12-6-15)24(26)27/h2-13H,1H3,(H,21,25). The summed E-state index contributed by atoms with van der Waals surface area (Å²) in [6.07, 6.45) is 0. The Morgan fingerprint density at radius 3 is 2.22 bits per heavy atom. The highest BCUT2D eigenvalue weighted by Crippen LogP contribution is 2.21. The van der Waals surface area contributed by atoms with Crippen LogP contribution in [-0.4, -0.2) is 10.8 Å². The summed E-state index contributed by atoms with van der Waals surface area (Å²) >= 11 is 0. The van der Waals surface area contributed by atoms with E-state index >= 15 is 0 Å². The lowest BCUT2D eigenvalue weighted by Crippen LogP contribution is -2.11. The van der Waals surface area contributed by atoms with E-state index in [-0.39, 0.29) is 11.6 Å². The van der Waals surface area contributed by atoms with Crippen molar-refractivity contribution in [3.8, 4) is 0 Å². The summed E-state index contributed by atoms with van der Waals surface area (Å²) in [5.41, 5.74) is 3.40. The van der Waals surface area contributed by atoms with Crippen LogP contribution in [0.1, 0.15) is 15.9 Å². The molecule has 0 aromatic heterocycles. The summed E-state index contributed by atoms with van der Waals surface area (Å²) < 4.78 is 0. The first-order valence-electron chi connectivity index (χ1n) is 8.15. The third kappa shape index (κ3) is 4.82. The molecule has 3 rings (SSSR count). The number of non-ortho nitro benzene ring substituents is 1. The highest BCUT2D eigenvalue weighted by atomic mass is 16.6. The van der Waals surface area contributed by atoms with Crippen LogP contribution in [-0.2, 0) is 0 Å². The lowest BCUT2D eigenvalue weighted by Gasteiger charge is -2.05. The summed E-state index contributed by atoms with van der Waals surface area (Å²) in [6.45, 7) is 1.99. The second kappa shape index (κ2) is 8.01. The number of nitro groups is 1. The molecule has 3 aromatic rings. The van der Waals surface area contributed by atoms with E-state index in [4.69, 9.17) is 0 Å². The van der Waals surface area contributed by atoms with Crippen LogP contribution in [0, 0.1) is 17.0 Å². The average molecular weight is 360 g/mol. The number of azo groups is 1. The van der Waals surface area contributed by atoms with Crippen molar-refractivity contribution in [3.63, 3.8) is 0 Å². The van der Waals surface area contributed by atoms with E-state index in [1.165, 1.54) is 24.3 Å². The zero-order valence-electron chi connectivity index (χ0n) is 14.5. The van der Waals surface area contributed by atoms with Crippen molar-refractivity contribution in [3.05, 3.63) is 94.0 Å². The molecule has 7 heteroatoms. The van der Waals surface area contributed by atoms with Gasteiger partial charge in [0.05, 0.1) is 16.3 Å². The number of benzene rings is 3. The SMILES string of the molecule is Cc1cccc(N=Nc2ccc(NC(=O)c3ccc([N+](=O)[O-])cc3)cc2)c1. The molecule has 0 heterocycles. The monoisotopic (exact) mass is 360 g/mol. The van der Waals surface area contributed by atoms with E-state index < -0.39 is 4.92 Å². The minimum absolute atomic E-state index is 0.0603. The maximum Gasteiger partial charge on any atom is 0.269 e. The van der Waals surface area contributed by atoms with E-state index in [0.717, 1.165) is 11.3 Å². The number of nitrogens with zero attached hydrogens (tertiary/aromatic N) is 3. The number of anilines is 1. The minimum atomic E-state index is -0.508. The molecule has 134 valence electrons. The van der Waals surface area contributed by atoms with Crippen molar-refractivity contribution in [1.82, 2.24) is 0 Å². The number of nitrogens with one attached hydrogen (secondary N) is 1. The first kappa shape index (κ1) is 17.9. The highest BCUT2D eigenvalue weighted by molar-refractivity contribution is 6.04. The molecule has 0 saturated heterocycles. The number of aryl methyl sites for hydroxylation is 1. The molecule has 0 aliphatic heterocycles. The molecule has 0 saturated carbocycles. The van der Waals surface area contributed by atoms with Crippen LogP contribution in [0.5, 0.6) is 0 Å². The van der Waals surface area contributed by atoms with Crippen LogP contribution in [0.3, 0.4) is 0 Å². The molecule has 0 radical (unpaired) electrons. The van der Waals surface area contributed by atoms with Crippen molar-refractivity contribution >= 4 is 28.7 Å². The fourth-order valence-electron chi connectivity index (χ4n) is 2.35. The van der Waals surface area contributed by atoms with E-state index in [0.29, 0.717) is 16.9 Å². The zero-order chi connectivity index (χ0) is 19.2. The van der Waals surface area contributed by atoms with E-state index in [1.54, 1.807) is 24.3 Å². The van der Waals surface area contributed by atoms with Crippen molar-refractivity contribution in [2.45, 2.75) is 6.92 Å². The molecule has 3 aromatic carbocycles. The topological polar surface area (TPSA) is 97.0 Å². The van der Waals surface area contributed by atoms with E-state index in [9.17, 15) is 14.9 Å². The van der Waals surface area contributed by atoms with Gasteiger partial charge in [-0.2, -0.15) is 10.2 Å². The van der Waals surface area contributed by atoms with Crippen molar-refractivity contribution in [2.24, 2.45) is 10.2 Å². The summed E-state index contributed by atoms with van der Waals surface area (Å²) in [4.78, 5) is 22.3. The van der Waals surface area contributed by atoms with Gasteiger partial charge in [0.25, 0.3) is 11.6 Å². The summed E-state index contributed by atoms with van der Waals surface area (Å²) in [7, 11) is 0. The van der Waals surface area contributed by atoms with Crippen molar-refractivity contribution in [2.75, 3.05) is 5.32 Å². The van der Waals surface area contributed by atoms with E-state index in [2.05, 4.69) is 15.5 Å². The van der Waals surface area contributed by atoms with Crippen LogP contribution >= 0.6 is 0 Å². The fourth-order valence-corrected chi connectivity index (χ4v) is 2.35. The van der Waals surface area contributed by atoms with Gasteiger partial charge in [-0.1, -0.05) is 12.1 Å². The van der Waals surface area contributed by atoms with Gasteiger partial charge in [-0.15, -0.1) is 0 Å². The third-order valence-corrected chi connectivity index (χ3v) is 3.75. The average Bonchev–Trinajstić information content (AvgIpc) is 2.67. The Labute approximate surface area is 155 Å². The lowest BCUT2D eigenvalue weighted by molar-refractivity contribution is -0.384. The molecule has 0 aliphatic carbocycles. The van der Waals surface area contributed by atoms with Crippen LogP contribution in [0.25, 0.3) is 0 Å². The number of rotatable bonds is 5. The molecule has 0 fully saturated rings. The first-order chi connectivity index (χ1) is 13.0. The van der Waals surface area contributed by atoms with Gasteiger partial charge >= 0.3 is 0 Å². The molecule has 7 nitrogen and oxygen atoms in total. The van der Waals surface area contributed by atoms with Gasteiger partial charge in [0.2, 0.25) is 0 Å². The molecule has 1 amide bonds. The molecular weight excluding hydrogens is 344 g/mol. The largest absolute Gasteiger partial charge is 0.322 e. The third-order valence-electron chi connectivity index (χ3n) is 3.75. The van der Waals surface area contributed by atoms with Gasteiger partial charge in [-0.25, -0.2) is 0 Å². The van der Waals surface area contributed by atoms with Crippen LogP contribution in [0.4, 0.5) is 22.7 Å². The fraction of sp³-hybridized carbons (Fsp3) is 0.0500. The van der Waals surface area contributed by atoms with Crippen molar-refractivity contribution in [1.29, 1.82) is 0 Å². The van der Waals surface area contributed by atoms with Gasteiger partial charge in [0, 0.05) is 23.4 Å². The first-order valence-corrected chi connectivity index (χ1v) is 8.15. The Balaban J connectivity index is 1.64. The lowest BCUT2D eigenvalue weighted by atomic mass is 10.2. The Morgan fingerprint density at radius 1 is 0.926 bits per heavy atom. The Morgan fingerprint density at radius 2 is 1.59 bits per heavy atom. The molecule has 0 unspecified atom stereocenters. The molecule has 0 atom stereocenters. The molecule has 0 bridgehead atoms. The molecule has 27 heavy (non-hydrogen) atoms. The predicted molar refractivity (Wildman–Crippen MR) is 103 cm³/mol. The zero-order valence-corrected chi connectivity index (χ0v) is 14.5. The highest BCUT2D eigenvalue weighted by Gasteiger charge is 2.09. The Hall–Kier alpha value is -3.87. The van der Waals surface area contributed by atoms with Crippen LogP contribution in [0.15, 0.2) is 83.0 Å². The summed E-state index contributed by atoms with van der Waals surface area (Å²) in [5.74, 6) is -0.348. The number of amides is 1. The van der Waals surface area contributed by atoms with Crippen LogP contribution < -0.4 is 5.32 Å². The molecule has 0 aliphatic rings. The summed E-state index contributed by atoms with van der Waals surface area (Å²) in [6, 6.07) is 20.0. The van der Waals surface area contributed by atoms with Crippen molar-refractivity contribution < 1.29 is 9.72 Å². The van der Waals surface area contributed by atoms with Gasteiger partial charge in [0.15, 0.2) is 0 Å². The number of carbonyl (C=O) groups excluding carboxylic acids is 1. The second-order valence-electron chi connectivity index (χ2n) is 5.84.